The van der Waals surface area contributed by atoms with Crippen molar-refractivity contribution < 1.29 is 8.42 Å². The maximum Gasteiger partial charge on any atom is 0.211 e. The Balaban J connectivity index is 1.95. The summed E-state index contributed by atoms with van der Waals surface area (Å²) in [6.07, 6.45) is 2.48. The Kier molecular flexibility index (Phi) is 4.86. The number of hydrogen-bond acceptors (Lipinski definition) is 4. The molecule has 1 N–H and O–H groups in total. The van der Waals surface area contributed by atoms with Gasteiger partial charge in [-0.25, -0.2) is 13.1 Å². The van der Waals surface area contributed by atoms with Gasteiger partial charge in [-0.3, -0.25) is 0 Å². The molecule has 108 valence electrons. The van der Waals surface area contributed by atoms with Gasteiger partial charge in [0, 0.05) is 6.54 Å². The summed E-state index contributed by atoms with van der Waals surface area (Å²) >= 11 is 0. The summed E-state index contributed by atoms with van der Waals surface area (Å²) < 4.78 is 27.2. The average molecular weight is 294 g/mol. The van der Waals surface area contributed by atoms with E-state index in [-0.39, 0.29) is 12.3 Å². The smallest absolute Gasteiger partial charge is 0.211 e. The summed E-state index contributed by atoms with van der Waals surface area (Å²) in [4.78, 5) is 0. The second kappa shape index (κ2) is 6.62. The Morgan fingerprint density at radius 3 is 2.70 bits per heavy atom. The highest BCUT2D eigenvalue weighted by Gasteiger charge is 2.10. The molecule has 2 rings (SSSR count). The zero-order chi connectivity index (χ0) is 14.4. The Morgan fingerprint density at radius 1 is 1.25 bits per heavy atom. The van der Waals surface area contributed by atoms with Gasteiger partial charge in [-0.1, -0.05) is 30.3 Å². The lowest BCUT2D eigenvalue weighted by molar-refractivity contribution is 0.574. The van der Waals surface area contributed by atoms with Gasteiger partial charge in [0.05, 0.1) is 12.3 Å². The largest absolute Gasteiger partial charge is 0.316 e. The van der Waals surface area contributed by atoms with Crippen molar-refractivity contribution in [3.63, 3.8) is 0 Å². The van der Waals surface area contributed by atoms with Crippen molar-refractivity contribution in [3.05, 3.63) is 48.0 Å². The van der Waals surface area contributed by atoms with Gasteiger partial charge in [0.25, 0.3) is 0 Å². The number of nitrogens with zero attached hydrogens (tertiary/aromatic N) is 3. The second-order valence-corrected chi connectivity index (χ2v) is 6.50. The molecule has 0 aliphatic heterocycles. The van der Waals surface area contributed by atoms with Crippen molar-refractivity contribution >= 4 is 10.0 Å². The summed E-state index contributed by atoms with van der Waals surface area (Å²) in [5, 5.41) is 7.79. The molecular weight excluding hydrogens is 276 g/mol. The lowest BCUT2D eigenvalue weighted by atomic mass is 10.1. The topological polar surface area (TPSA) is 76.9 Å². The molecule has 0 unspecified atom stereocenters. The molecule has 0 saturated carbocycles. The van der Waals surface area contributed by atoms with Crippen LogP contribution in [0.2, 0.25) is 0 Å². The normalized spacial score (nSPS) is 11.7. The van der Waals surface area contributed by atoms with E-state index < -0.39 is 10.0 Å². The van der Waals surface area contributed by atoms with Gasteiger partial charge in [-0.05, 0) is 18.9 Å². The minimum Gasteiger partial charge on any atom is -0.316 e. The third-order valence-corrected chi connectivity index (χ3v) is 4.35. The molecule has 1 aromatic heterocycles. The third-order valence-electron chi connectivity index (χ3n) is 3.01. The van der Waals surface area contributed by atoms with Gasteiger partial charge >= 0.3 is 0 Å². The van der Waals surface area contributed by atoms with E-state index in [1.807, 2.05) is 22.8 Å². The van der Waals surface area contributed by atoms with E-state index in [4.69, 9.17) is 0 Å². The van der Waals surface area contributed by atoms with Crippen LogP contribution in [0.5, 0.6) is 0 Å². The Labute approximate surface area is 118 Å². The Morgan fingerprint density at radius 2 is 2.00 bits per heavy atom. The maximum absolute atomic E-state index is 11.4. The fraction of sp³-hybridized carbons (Fsp3) is 0.385. The first-order valence-corrected chi connectivity index (χ1v) is 8.14. The van der Waals surface area contributed by atoms with E-state index in [0.29, 0.717) is 5.82 Å². The molecule has 0 aliphatic rings. The SMILES string of the molecule is CCS(=O)(=O)NCc1nncn1CCc1ccccc1. The summed E-state index contributed by atoms with van der Waals surface area (Å²) in [6.45, 7) is 2.49. The molecule has 1 heterocycles. The van der Waals surface area contributed by atoms with Crippen molar-refractivity contribution in [2.24, 2.45) is 0 Å². The highest BCUT2D eigenvalue weighted by molar-refractivity contribution is 7.89. The lowest BCUT2D eigenvalue weighted by Crippen LogP contribution is -2.26. The van der Waals surface area contributed by atoms with Gasteiger partial charge < -0.3 is 4.57 Å². The quantitative estimate of drug-likeness (QED) is 0.825. The van der Waals surface area contributed by atoms with Crippen LogP contribution in [-0.4, -0.2) is 28.9 Å². The third kappa shape index (κ3) is 4.14. The van der Waals surface area contributed by atoms with Crippen LogP contribution < -0.4 is 4.72 Å². The van der Waals surface area contributed by atoms with Crippen LogP contribution in [0.1, 0.15) is 18.3 Å². The first-order valence-electron chi connectivity index (χ1n) is 6.48. The monoisotopic (exact) mass is 294 g/mol. The molecule has 0 atom stereocenters. The minimum atomic E-state index is -3.21. The van der Waals surface area contributed by atoms with E-state index in [0.717, 1.165) is 13.0 Å². The van der Waals surface area contributed by atoms with Crippen LogP contribution in [0.15, 0.2) is 36.7 Å². The summed E-state index contributed by atoms with van der Waals surface area (Å²) in [5.41, 5.74) is 1.22. The van der Waals surface area contributed by atoms with Crippen LogP contribution >= 0.6 is 0 Å². The van der Waals surface area contributed by atoms with E-state index in [1.165, 1.54) is 5.56 Å². The van der Waals surface area contributed by atoms with Crippen LogP contribution in [-0.2, 0) is 29.5 Å². The van der Waals surface area contributed by atoms with Crippen molar-refractivity contribution in [1.29, 1.82) is 0 Å². The van der Waals surface area contributed by atoms with Crippen molar-refractivity contribution in [3.8, 4) is 0 Å². The van der Waals surface area contributed by atoms with Crippen LogP contribution in [0, 0.1) is 0 Å². The van der Waals surface area contributed by atoms with Gasteiger partial charge in [0.2, 0.25) is 10.0 Å². The average Bonchev–Trinajstić information content (AvgIpc) is 2.92. The second-order valence-electron chi connectivity index (χ2n) is 4.40. The Bertz CT molecular complexity index is 637. The van der Waals surface area contributed by atoms with Crippen molar-refractivity contribution in [2.45, 2.75) is 26.4 Å². The summed E-state index contributed by atoms with van der Waals surface area (Å²) in [7, 11) is -3.21. The van der Waals surface area contributed by atoms with Gasteiger partial charge in [0.1, 0.15) is 12.2 Å². The molecule has 0 radical (unpaired) electrons. The molecule has 20 heavy (non-hydrogen) atoms. The van der Waals surface area contributed by atoms with Gasteiger partial charge in [0.15, 0.2) is 0 Å². The van der Waals surface area contributed by atoms with E-state index in [2.05, 4.69) is 27.1 Å². The van der Waals surface area contributed by atoms with Crippen LogP contribution in [0.25, 0.3) is 0 Å². The van der Waals surface area contributed by atoms with Crippen molar-refractivity contribution in [1.82, 2.24) is 19.5 Å². The number of aromatic nitrogens is 3. The number of benzene rings is 1. The maximum atomic E-state index is 11.4. The van der Waals surface area contributed by atoms with Crippen LogP contribution in [0.3, 0.4) is 0 Å². The Hall–Kier alpha value is -1.73. The molecule has 0 aliphatic carbocycles. The number of hydrogen-bond donors (Lipinski definition) is 1. The van der Waals surface area contributed by atoms with E-state index >= 15 is 0 Å². The van der Waals surface area contributed by atoms with Crippen molar-refractivity contribution in [2.75, 3.05) is 5.75 Å². The molecule has 0 saturated heterocycles. The molecule has 2 aromatic rings. The molecule has 6 nitrogen and oxygen atoms in total. The molecule has 0 amide bonds. The lowest BCUT2D eigenvalue weighted by Gasteiger charge is -2.07. The molecule has 1 aromatic carbocycles. The predicted molar refractivity (Wildman–Crippen MR) is 76.5 cm³/mol. The number of nitrogens with one attached hydrogen (secondary N) is 1. The fourth-order valence-electron chi connectivity index (χ4n) is 1.77. The molecule has 0 fully saturated rings. The zero-order valence-corrected chi connectivity index (χ0v) is 12.2. The zero-order valence-electron chi connectivity index (χ0n) is 11.4. The van der Waals surface area contributed by atoms with E-state index in [1.54, 1.807) is 13.3 Å². The number of rotatable bonds is 7. The summed E-state index contributed by atoms with van der Waals surface area (Å²) in [6, 6.07) is 10.1. The highest BCUT2D eigenvalue weighted by atomic mass is 32.2. The predicted octanol–water partition coefficient (Wildman–Crippen LogP) is 0.960. The number of aryl methyl sites for hydroxylation is 2. The molecular formula is C13H18N4O2S. The standard InChI is InChI=1S/C13H18N4O2S/c1-2-20(18,19)15-10-13-16-14-11-17(13)9-8-12-6-4-3-5-7-12/h3-7,11,15H,2,8-10H2,1H3. The molecule has 0 spiro atoms. The summed E-state index contributed by atoms with van der Waals surface area (Å²) in [5.74, 6) is 0.684. The molecule has 0 bridgehead atoms. The highest BCUT2D eigenvalue weighted by Crippen LogP contribution is 2.03. The first kappa shape index (κ1) is 14.7. The first-order chi connectivity index (χ1) is 9.61. The minimum absolute atomic E-state index is 0.0607. The van der Waals surface area contributed by atoms with Gasteiger partial charge in [-0.15, -0.1) is 10.2 Å². The van der Waals surface area contributed by atoms with Gasteiger partial charge in [-0.2, -0.15) is 0 Å². The number of sulfonamides is 1. The van der Waals surface area contributed by atoms with E-state index in [9.17, 15) is 8.42 Å². The molecule has 7 heteroatoms. The fourth-order valence-corrected chi connectivity index (χ4v) is 2.33. The van der Waals surface area contributed by atoms with Crippen LogP contribution in [0.4, 0.5) is 0 Å².